The Balaban J connectivity index is 2.09. The van der Waals surface area contributed by atoms with Gasteiger partial charge in [-0.2, -0.15) is 0 Å². The lowest BCUT2D eigenvalue weighted by molar-refractivity contribution is -0.163. The SMILES string of the molecule is CC(C)CC[C@H]1[C@H](C)OC(=O)[C@@H](NC(=O)OC(C)(C)C)COC[C@@H]1OC(=O)C1CC1. The molecule has 1 amide bonds. The number of hydrogen-bond donors (Lipinski definition) is 1. The molecule has 0 bridgehead atoms. The Morgan fingerprint density at radius 1 is 1.20 bits per heavy atom. The van der Waals surface area contributed by atoms with E-state index in [1.165, 1.54) is 0 Å². The zero-order valence-electron chi connectivity index (χ0n) is 19.1. The number of rotatable bonds is 6. The van der Waals surface area contributed by atoms with Crippen molar-refractivity contribution < 1.29 is 33.3 Å². The minimum absolute atomic E-state index is 0.0252. The predicted molar refractivity (Wildman–Crippen MR) is 110 cm³/mol. The van der Waals surface area contributed by atoms with Gasteiger partial charge in [0.1, 0.15) is 17.8 Å². The van der Waals surface area contributed by atoms with E-state index < -0.39 is 35.9 Å². The van der Waals surface area contributed by atoms with E-state index in [-0.39, 0.29) is 31.0 Å². The third-order valence-corrected chi connectivity index (χ3v) is 5.18. The number of alkyl carbamates (subject to hydrolysis) is 1. The lowest BCUT2D eigenvalue weighted by Crippen LogP contribution is -2.47. The van der Waals surface area contributed by atoms with E-state index in [9.17, 15) is 14.4 Å². The average Bonchev–Trinajstić information content (AvgIpc) is 3.42. The second-order valence-corrected chi connectivity index (χ2v) is 9.76. The molecule has 30 heavy (non-hydrogen) atoms. The molecule has 1 aliphatic heterocycles. The van der Waals surface area contributed by atoms with E-state index >= 15 is 0 Å². The molecule has 8 heteroatoms. The molecule has 2 aliphatic rings. The van der Waals surface area contributed by atoms with Crippen LogP contribution < -0.4 is 5.32 Å². The quantitative estimate of drug-likeness (QED) is 0.513. The summed E-state index contributed by atoms with van der Waals surface area (Å²) >= 11 is 0. The summed E-state index contributed by atoms with van der Waals surface area (Å²) in [7, 11) is 0. The van der Waals surface area contributed by atoms with E-state index in [1.54, 1.807) is 27.7 Å². The largest absolute Gasteiger partial charge is 0.461 e. The molecule has 1 heterocycles. The molecule has 1 saturated heterocycles. The Bertz CT molecular complexity index is 609. The molecule has 0 aromatic heterocycles. The van der Waals surface area contributed by atoms with Crippen LogP contribution >= 0.6 is 0 Å². The maximum absolute atomic E-state index is 12.7. The topological polar surface area (TPSA) is 100 Å². The highest BCUT2D eigenvalue weighted by molar-refractivity contribution is 5.81. The monoisotopic (exact) mass is 427 g/mol. The fourth-order valence-electron chi connectivity index (χ4n) is 3.33. The summed E-state index contributed by atoms with van der Waals surface area (Å²) in [6.07, 6.45) is 1.66. The van der Waals surface area contributed by atoms with Gasteiger partial charge in [-0.25, -0.2) is 9.59 Å². The first-order chi connectivity index (χ1) is 14.0. The molecule has 0 radical (unpaired) electrons. The highest BCUT2D eigenvalue weighted by Gasteiger charge is 2.39. The third-order valence-electron chi connectivity index (χ3n) is 5.18. The number of hydrogen-bond acceptors (Lipinski definition) is 7. The van der Waals surface area contributed by atoms with Crippen LogP contribution in [0, 0.1) is 17.8 Å². The van der Waals surface area contributed by atoms with Crippen LogP contribution in [-0.4, -0.2) is 55.1 Å². The van der Waals surface area contributed by atoms with Crippen LogP contribution in [-0.2, 0) is 28.5 Å². The van der Waals surface area contributed by atoms with Gasteiger partial charge in [-0.15, -0.1) is 0 Å². The Hall–Kier alpha value is -1.83. The molecular weight excluding hydrogens is 390 g/mol. The Morgan fingerprint density at radius 3 is 2.43 bits per heavy atom. The van der Waals surface area contributed by atoms with Crippen LogP contribution in [0.25, 0.3) is 0 Å². The van der Waals surface area contributed by atoms with E-state index in [4.69, 9.17) is 18.9 Å². The summed E-state index contributed by atoms with van der Waals surface area (Å²) in [5, 5.41) is 2.52. The molecule has 0 aromatic rings. The van der Waals surface area contributed by atoms with Gasteiger partial charge in [0.05, 0.1) is 19.1 Å². The summed E-state index contributed by atoms with van der Waals surface area (Å²) in [6.45, 7) is 11.3. The smallest absolute Gasteiger partial charge is 0.408 e. The summed E-state index contributed by atoms with van der Waals surface area (Å²) in [5.41, 5.74) is -0.690. The lowest BCUT2D eigenvalue weighted by Gasteiger charge is -2.31. The second-order valence-electron chi connectivity index (χ2n) is 9.76. The summed E-state index contributed by atoms with van der Waals surface area (Å²) < 4.78 is 22.4. The molecule has 0 unspecified atom stereocenters. The molecule has 1 N–H and O–H groups in total. The maximum atomic E-state index is 12.7. The van der Waals surface area contributed by atoms with E-state index in [2.05, 4.69) is 19.2 Å². The second kappa shape index (κ2) is 10.5. The summed E-state index contributed by atoms with van der Waals surface area (Å²) in [6, 6.07) is -0.995. The van der Waals surface area contributed by atoms with Crippen LogP contribution in [0.4, 0.5) is 4.79 Å². The molecule has 2 rings (SSSR count). The minimum atomic E-state index is -0.995. The van der Waals surface area contributed by atoms with Crippen molar-refractivity contribution in [3.8, 4) is 0 Å². The molecule has 1 aliphatic carbocycles. The predicted octanol–water partition coefficient (Wildman–Crippen LogP) is 3.22. The van der Waals surface area contributed by atoms with Gasteiger partial charge < -0.3 is 24.3 Å². The van der Waals surface area contributed by atoms with Crippen LogP contribution in [0.3, 0.4) is 0 Å². The van der Waals surface area contributed by atoms with Gasteiger partial charge in [-0.1, -0.05) is 20.3 Å². The van der Waals surface area contributed by atoms with Gasteiger partial charge in [0.25, 0.3) is 0 Å². The average molecular weight is 428 g/mol. The van der Waals surface area contributed by atoms with E-state index in [1.807, 2.05) is 0 Å². The molecule has 1 saturated carbocycles. The van der Waals surface area contributed by atoms with Crippen molar-refractivity contribution in [2.24, 2.45) is 17.8 Å². The molecule has 2 fully saturated rings. The normalized spacial score (nSPS) is 28.0. The molecular formula is C22H37NO7. The first-order valence-electron chi connectivity index (χ1n) is 10.9. The lowest BCUT2D eigenvalue weighted by atomic mass is 9.89. The van der Waals surface area contributed by atoms with Crippen molar-refractivity contribution in [2.45, 2.75) is 91.1 Å². The van der Waals surface area contributed by atoms with Crippen LogP contribution in [0.1, 0.15) is 67.2 Å². The van der Waals surface area contributed by atoms with Gasteiger partial charge in [0.2, 0.25) is 0 Å². The first kappa shape index (κ1) is 24.4. The number of nitrogens with one attached hydrogen (secondary N) is 1. The Morgan fingerprint density at radius 2 is 1.87 bits per heavy atom. The van der Waals surface area contributed by atoms with Crippen molar-refractivity contribution in [1.29, 1.82) is 0 Å². The standard InChI is InChI=1S/C22H37NO7/c1-13(2)7-10-16-14(3)28-20(25)17(23-21(26)30-22(4,5)6)11-27-12-18(16)29-19(24)15-8-9-15/h13-18H,7-12H2,1-6H3,(H,23,26)/t14-,16-,17-,18-/m0/s1. The summed E-state index contributed by atoms with van der Waals surface area (Å²) in [4.78, 5) is 37.1. The molecule has 172 valence electrons. The van der Waals surface area contributed by atoms with Gasteiger partial charge in [-0.3, -0.25) is 4.79 Å². The molecule has 4 atom stereocenters. The number of cyclic esters (lactones) is 1. The summed E-state index contributed by atoms with van der Waals surface area (Å²) in [5.74, 6) is -0.540. The Kier molecular flexibility index (Phi) is 8.52. The van der Waals surface area contributed by atoms with Crippen molar-refractivity contribution >= 4 is 18.0 Å². The highest BCUT2D eigenvalue weighted by Crippen LogP contribution is 2.33. The zero-order chi connectivity index (χ0) is 22.5. The zero-order valence-corrected chi connectivity index (χ0v) is 19.1. The van der Waals surface area contributed by atoms with Crippen molar-refractivity contribution in [1.82, 2.24) is 5.32 Å². The highest BCUT2D eigenvalue weighted by atomic mass is 16.6. The first-order valence-corrected chi connectivity index (χ1v) is 10.9. The number of carbonyl (C=O) groups is 3. The van der Waals surface area contributed by atoms with Gasteiger partial charge in [-0.05, 0) is 52.9 Å². The minimum Gasteiger partial charge on any atom is -0.461 e. The van der Waals surface area contributed by atoms with Crippen molar-refractivity contribution in [3.63, 3.8) is 0 Å². The van der Waals surface area contributed by atoms with E-state index in [0.29, 0.717) is 5.92 Å². The van der Waals surface area contributed by atoms with Gasteiger partial charge >= 0.3 is 18.0 Å². The fourth-order valence-corrected chi connectivity index (χ4v) is 3.33. The number of esters is 2. The number of ether oxygens (including phenoxy) is 4. The van der Waals surface area contributed by atoms with Crippen molar-refractivity contribution in [2.75, 3.05) is 13.2 Å². The van der Waals surface area contributed by atoms with Gasteiger partial charge in [0, 0.05) is 5.92 Å². The maximum Gasteiger partial charge on any atom is 0.408 e. The molecule has 0 aromatic carbocycles. The number of amides is 1. The van der Waals surface area contributed by atoms with Crippen molar-refractivity contribution in [3.05, 3.63) is 0 Å². The van der Waals surface area contributed by atoms with Crippen LogP contribution in [0.5, 0.6) is 0 Å². The Labute approximate surface area is 179 Å². The van der Waals surface area contributed by atoms with Crippen LogP contribution in [0.2, 0.25) is 0 Å². The molecule has 8 nitrogen and oxygen atoms in total. The van der Waals surface area contributed by atoms with E-state index in [0.717, 1.165) is 25.7 Å². The molecule has 0 spiro atoms. The number of carbonyl (C=O) groups excluding carboxylic acids is 3. The fraction of sp³-hybridized carbons (Fsp3) is 0.864. The third kappa shape index (κ3) is 8.13. The van der Waals surface area contributed by atoms with Gasteiger partial charge in [0.15, 0.2) is 6.04 Å². The van der Waals surface area contributed by atoms with Crippen LogP contribution in [0.15, 0.2) is 0 Å².